The van der Waals surface area contributed by atoms with E-state index in [1.165, 1.54) is 10.8 Å². The van der Waals surface area contributed by atoms with Crippen molar-refractivity contribution in [2.24, 2.45) is 17.8 Å². The van der Waals surface area contributed by atoms with Crippen molar-refractivity contribution < 1.29 is 28.2 Å². The first-order valence-corrected chi connectivity index (χ1v) is 11.9. The molecule has 5 atom stereocenters. The molecule has 4 aliphatic rings. The second kappa shape index (κ2) is 7.51. The summed E-state index contributed by atoms with van der Waals surface area (Å²) in [4.78, 5) is 41.0. The molecule has 8 nitrogen and oxygen atoms in total. The molecule has 2 amide bonds. The van der Waals surface area contributed by atoms with Crippen molar-refractivity contribution in [3.05, 3.63) is 62.0 Å². The van der Waals surface area contributed by atoms with E-state index in [9.17, 15) is 28.3 Å². The Morgan fingerprint density at radius 2 is 2.11 bits per heavy atom. The summed E-state index contributed by atoms with van der Waals surface area (Å²) < 4.78 is 35.4. The fourth-order valence-corrected chi connectivity index (χ4v) is 6.60. The monoisotopic (exact) mass is 505 g/mol. The van der Waals surface area contributed by atoms with Gasteiger partial charge in [-0.1, -0.05) is 24.6 Å². The van der Waals surface area contributed by atoms with Gasteiger partial charge in [0.2, 0.25) is 5.43 Å². The number of hydrogen-bond donors (Lipinski definition) is 2. The molecule has 1 aromatic heterocycles. The number of nitrogens with zero attached hydrogens (tertiary/aromatic N) is 2. The van der Waals surface area contributed by atoms with Crippen LogP contribution in [0.3, 0.4) is 0 Å². The number of halogens is 3. The van der Waals surface area contributed by atoms with E-state index in [0.29, 0.717) is 37.8 Å². The maximum absolute atomic E-state index is 14.2. The van der Waals surface area contributed by atoms with Gasteiger partial charge in [0.15, 0.2) is 17.2 Å². The van der Waals surface area contributed by atoms with Gasteiger partial charge in [0.1, 0.15) is 22.2 Å². The number of fused-ring (bicyclic) bond motifs is 3. The minimum atomic E-state index is -1.02. The van der Waals surface area contributed by atoms with Crippen LogP contribution in [-0.4, -0.2) is 45.3 Å². The first-order chi connectivity index (χ1) is 16.7. The molecule has 3 fully saturated rings. The second-order valence-electron chi connectivity index (χ2n) is 9.70. The van der Waals surface area contributed by atoms with E-state index in [1.807, 2.05) is 0 Å². The highest BCUT2D eigenvalue weighted by atomic mass is 35.5. The summed E-state index contributed by atoms with van der Waals surface area (Å²) in [6, 6.07) is 1.75. The molecule has 2 aromatic rings. The number of carbonyl (C=O) groups excluding carboxylic acids is 2. The first-order valence-electron chi connectivity index (χ1n) is 11.5. The molecule has 6 rings (SSSR count). The van der Waals surface area contributed by atoms with Gasteiger partial charge in [0.25, 0.3) is 11.8 Å². The van der Waals surface area contributed by atoms with Gasteiger partial charge in [-0.25, -0.2) is 8.78 Å². The summed E-state index contributed by atoms with van der Waals surface area (Å²) in [5.41, 5.74) is -2.47. The van der Waals surface area contributed by atoms with Gasteiger partial charge >= 0.3 is 0 Å². The van der Waals surface area contributed by atoms with Crippen molar-refractivity contribution in [3.8, 4) is 5.75 Å². The van der Waals surface area contributed by atoms with Crippen LogP contribution in [0.4, 0.5) is 8.78 Å². The Morgan fingerprint density at radius 3 is 2.89 bits per heavy atom. The Kier molecular flexibility index (Phi) is 4.82. The summed E-state index contributed by atoms with van der Waals surface area (Å²) in [7, 11) is 0. The van der Waals surface area contributed by atoms with Crippen LogP contribution in [0.25, 0.3) is 0 Å². The van der Waals surface area contributed by atoms with Gasteiger partial charge in [0.05, 0.1) is 12.6 Å². The highest BCUT2D eigenvalue weighted by Gasteiger charge is 2.74. The SMILES string of the molecule is C[C@H]1[C@H]2C[C@H]3n4cc(C(=O)NCc5ccc(F)c(Cl)c5F)c(=O)c(O)c4C(=O)N4CCCO[C@]34[C@@H]12. The lowest BCUT2D eigenvalue weighted by molar-refractivity contribution is -0.205. The first kappa shape index (κ1) is 22.5. The highest BCUT2D eigenvalue weighted by molar-refractivity contribution is 6.30. The van der Waals surface area contributed by atoms with E-state index < -0.39 is 45.4 Å². The average molecular weight is 506 g/mol. The number of amides is 2. The quantitative estimate of drug-likeness (QED) is 0.625. The van der Waals surface area contributed by atoms with Crippen LogP contribution in [0.15, 0.2) is 23.1 Å². The molecule has 0 bridgehead atoms. The van der Waals surface area contributed by atoms with Crippen molar-refractivity contribution in [3.63, 3.8) is 0 Å². The largest absolute Gasteiger partial charge is 0.503 e. The summed E-state index contributed by atoms with van der Waals surface area (Å²) >= 11 is 5.59. The van der Waals surface area contributed by atoms with Gasteiger partial charge in [-0.15, -0.1) is 0 Å². The molecule has 2 aliphatic carbocycles. The summed E-state index contributed by atoms with van der Waals surface area (Å²) in [5.74, 6) is -3.24. The lowest BCUT2D eigenvalue weighted by Crippen LogP contribution is -2.65. The summed E-state index contributed by atoms with van der Waals surface area (Å²) in [5, 5.41) is 12.5. The maximum atomic E-state index is 14.2. The summed E-state index contributed by atoms with van der Waals surface area (Å²) in [6.07, 6.45) is 2.63. The Balaban J connectivity index is 1.38. The lowest BCUT2D eigenvalue weighted by Gasteiger charge is -2.53. The van der Waals surface area contributed by atoms with Crippen LogP contribution >= 0.6 is 11.6 Å². The molecular formula is C24H22ClF2N3O5. The molecule has 2 N–H and O–H groups in total. The molecule has 2 aliphatic heterocycles. The van der Waals surface area contributed by atoms with Crippen LogP contribution in [-0.2, 0) is 11.3 Å². The average Bonchev–Trinajstić information content (AvgIpc) is 3.36. The van der Waals surface area contributed by atoms with E-state index in [-0.39, 0.29) is 35.3 Å². The van der Waals surface area contributed by atoms with Crippen molar-refractivity contribution in [1.29, 1.82) is 0 Å². The zero-order valence-corrected chi connectivity index (χ0v) is 19.4. The fraction of sp³-hybridized carbons (Fsp3) is 0.458. The van der Waals surface area contributed by atoms with Gasteiger partial charge in [-0.05, 0) is 30.7 Å². The molecule has 0 unspecified atom stereocenters. The number of benzene rings is 1. The highest BCUT2D eigenvalue weighted by Crippen LogP contribution is 2.69. The van der Waals surface area contributed by atoms with Gasteiger partial charge in [-0.2, -0.15) is 0 Å². The standard InChI is InChI=1S/C24H22ClF2N3O5/c1-10-12-7-15-24(16(10)12)30(5-2-6-35-24)23(34)19-21(32)20(31)13(9-29(15)19)22(33)28-8-11-3-4-14(26)17(25)18(11)27/h3-4,9-10,12,15-16,32H,2,5-8H2,1H3,(H,28,33)/t10-,12+,15+,16-,24-/m0/s1. The third-order valence-corrected chi connectivity index (χ3v) is 8.43. The van der Waals surface area contributed by atoms with Crippen LogP contribution < -0.4 is 10.7 Å². The Labute approximate surface area is 203 Å². The number of aromatic hydroxyl groups is 1. The molecule has 35 heavy (non-hydrogen) atoms. The molecule has 1 aromatic carbocycles. The van der Waals surface area contributed by atoms with Crippen LogP contribution in [0, 0.1) is 29.4 Å². The van der Waals surface area contributed by atoms with Crippen molar-refractivity contribution in [2.75, 3.05) is 13.2 Å². The zero-order chi connectivity index (χ0) is 24.8. The number of rotatable bonds is 3. The Morgan fingerprint density at radius 1 is 1.34 bits per heavy atom. The van der Waals surface area contributed by atoms with Gasteiger partial charge in [-0.3, -0.25) is 14.4 Å². The van der Waals surface area contributed by atoms with Crippen LogP contribution in [0.5, 0.6) is 5.75 Å². The second-order valence-corrected chi connectivity index (χ2v) is 10.1. The third-order valence-electron chi connectivity index (χ3n) is 8.09. The number of carbonyl (C=O) groups is 2. The van der Waals surface area contributed by atoms with E-state index in [4.69, 9.17) is 16.3 Å². The van der Waals surface area contributed by atoms with E-state index >= 15 is 0 Å². The van der Waals surface area contributed by atoms with Crippen molar-refractivity contribution in [2.45, 2.75) is 38.1 Å². The predicted molar refractivity (Wildman–Crippen MR) is 119 cm³/mol. The molecule has 2 saturated carbocycles. The predicted octanol–water partition coefficient (Wildman–Crippen LogP) is 2.81. The van der Waals surface area contributed by atoms with Crippen molar-refractivity contribution >= 4 is 23.4 Å². The fourth-order valence-electron chi connectivity index (χ4n) is 6.42. The molecule has 1 saturated heterocycles. The minimum Gasteiger partial charge on any atom is -0.503 e. The molecule has 0 radical (unpaired) electrons. The molecular weight excluding hydrogens is 484 g/mol. The molecule has 184 valence electrons. The number of hydrogen-bond acceptors (Lipinski definition) is 5. The number of nitrogens with one attached hydrogen (secondary N) is 1. The van der Waals surface area contributed by atoms with Crippen LogP contribution in [0.1, 0.15) is 52.2 Å². The molecule has 11 heteroatoms. The van der Waals surface area contributed by atoms with Gasteiger partial charge < -0.3 is 24.6 Å². The zero-order valence-electron chi connectivity index (χ0n) is 18.7. The Hall–Kier alpha value is -2.98. The number of ether oxygens (including phenoxy) is 1. The lowest BCUT2D eigenvalue weighted by atomic mass is 9.90. The molecule has 3 heterocycles. The number of aromatic nitrogens is 1. The third kappa shape index (κ3) is 2.89. The normalized spacial score (nSPS) is 30.3. The van der Waals surface area contributed by atoms with E-state index in [1.54, 1.807) is 4.90 Å². The van der Waals surface area contributed by atoms with Crippen molar-refractivity contribution in [1.82, 2.24) is 14.8 Å². The van der Waals surface area contributed by atoms with Gasteiger partial charge in [0, 0.05) is 30.8 Å². The van der Waals surface area contributed by atoms with E-state index in [0.717, 1.165) is 12.1 Å². The minimum absolute atomic E-state index is 0.0720. The number of pyridine rings is 1. The topological polar surface area (TPSA) is 101 Å². The molecule has 1 spiro atoms. The Bertz CT molecular complexity index is 1360. The van der Waals surface area contributed by atoms with Crippen LogP contribution in [0.2, 0.25) is 5.02 Å². The summed E-state index contributed by atoms with van der Waals surface area (Å²) in [6.45, 7) is 2.72. The smallest absolute Gasteiger partial charge is 0.276 e. The van der Waals surface area contributed by atoms with E-state index in [2.05, 4.69) is 12.2 Å². The maximum Gasteiger partial charge on any atom is 0.276 e.